The van der Waals surface area contributed by atoms with E-state index in [0.717, 1.165) is 0 Å². The van der Waals surface area contributed by atoms with E-state index < -0.39 is 0 Å². The lowest BCUT2D eigenvalue weighted by molar-refractivity contribution is 1.17. The number of halogens is 1. The Kier molecular flexibility index (Phi) is 2.29. The quantitative estimate of drug-likeness (QED) is 0.465. The summed E-state index contributed by atoms with van der Waals surface area (Å²) >= 11 is 5.67. The molecule has 0 unspecified atom stereocenters. The molecule has 0 aliphatic heterocycles. The molecule has 0 saturated heterocycles. The number of nitrogens with two attached hydrogens (primary N) is 1. The van der Waals surface area contributed by atoms with Crippen molar-refractivity contribution in [2.75, 3.05) is 5.73 Å². The van der Waals surface area contributed by atoms with Crippen molar-refractivity contribution in [3.05, 3.63) is 17.0 Å². The van der Waals surface area contributed by atoms with Gasteiger partial charge in [-0.25, -0.2) is 9.97 Å². The van der Waals surface area contributed by atoms with E-state index >= 15 is 0 Å². The molecule has 3 nitrogen and oxygen atoms in total. The summed E-state index contributed by atoms with van der Waals surface area (Å²) in [5.74, 6) is 5.70. The van der Waals surface area contributed by atoms with E-state index in [1.165, 1.54) is 6.33 Å². The van der Waals surface area contributed by atoms with Crippen LogP contribution < -0.4 is 5.73 Å². The second-order valence-corrected chi connectivity index (χ2v) is 2.16. The molecule has 2 N–H and O–H groups in total. The monoisotopic (exact) mass is 167 g/mol. The van der Waals surface area contributed by atoms with Gasteiger partial charge in [0.25, 0.3) is 0 Å². The largest absolute Gasteiger partial charge is 0.383 e. The van der Waals surface area contributed by atoms with Crippen LogP contribution in [0.15, 0.2) is 6.33 Å². The minimum absolute atomic E-state index is 0.298. The first-order valence-electron chi connectivity index (χ1n) is 2.94. The smallest absolute Gasteiger partial charge is 0.150 e. The van der Waals surface area contributed by atoms with Gasteiger partial charge in [0.2, 0.25) is 0 Å². The first kappa shape index (κ1) is 7.83. The molecule has 0 spiro atoms. The van der Waals surface area contributed by atoms with Crippen molar-refractivity contribution in [2.24, 2.45) is 0 Å². The Labute approximate surface area is 69.6 Å². The van der Waals surface area contributed by atoms with Gasteiger partial charge in [-0.05, 0) is 6.92 Å². The standard InChI is InChI=1S/C7H6ClN3/c1-2-3-5-6(8)10-4-11-7(5)9/h4H,1H3,(H2,9,10,11). The molecule has 4 heteroatoms. The van der Waals surface area contributed by atoms with E-state index in [1.807, 2.05) is 0 Å². The molecule has 0 amide bonds. The lowest BCUT2D eigenvalue weighted by Crippen LogP contribution is -1.96. The lowest BCUT2D eigenvalue weighted by atomic mass is 10.3. The highest BCUT2D eigenvalue weighted by Crippen LogP contribution is 2.14. The zero-order valence-electron chi connectivity index (χ0n) is 5.93. The second-order valence-electron chi connectivity index (χ2n) is 1.80. The maximum Gasteiger partial charge on any atom is 0.150 e. The van der Waals surface area contributed by atoms with E-state index in [4.69, 9.17) is 17.3 Å². The SMILES string of the molecule is CC#Cc1c(N)ncnc1Cl. The van der Waals surface area contributed by atoms with Gasteiger partial charge in [0, 0.05) is 0 Å². The molecule has 11 heavy (non-hydrogen) atoms. The van der Waals surface area contributed by atoms with Gasteiger partial charge in [-0.1, -0.05) is 17.5 Å². The van der Waals surface area contributed by atoms with Gasteiger partial charge in [0.15, 0.2) is 0 Å². The molecule has 1 heterocycles. The minimum Gasteiger partial charge on any atom is -0.383 e. The number of hydrogen-bond acceptors (Lipinski definition) is 3. The fourth-order valence-corrected chi connectivity index (χ4v) is 0.805. The highest BCUT2D eigenvalue weighted by Gasteiger charge is 2.01. The van der Waals surface area contributed by atoms with Crippen molar-refractivity contribution < 1.29 is 0 Å². The summed E-state index contributed by atoms with van der Waals surface area (Å²) in [5, 5.41) is 0.298. The van der Waals surface area contributed by atoms with Gasteiger partial charge in [-0.3, -0.25) is 0 Å². The van der Waals surface area contributed by atoms with Crippen molar-refractivity contribution in [1.29, 1.82) is 0 Å². The van der Waals surface area contributed by atoms with Crippen molar-refractivity contribution in [1.82, 2.24) is 9.97 Å². The fourth-order valence-electron chi connectivity index (χ4n) is 0.617. The Morgan fingerprint density at radius 3 is 2.82 bits per heavy atom. The summed E-state index contributed by atoms with van der Waals surface area (Å²) in [6.45, 7) is 1.70. The van der Waals surface area contributed by atoms with E-state index in [1.54, 1.807) is 6.92 Å². The Morgan fingerprint density at radius 2 is 2.27 bits per heavy atom. The van der Waals surface area contributed by atoms with Gasteiger partial charge in [-0.15, -0.1) is 5.92 Å². The van der Waals surface area contributed by atoms with Crippen LogP contribution in [0.4, 0.5) is 5.82 Å². The third-order valence-corrected chi connectivity index (χ3v) is 1.37. The molecule has 0 atom stereocenters. The predicted octanol–water partition coefficient (Wildman–Crippen LogP) is 1.08. The van der Waals surface area contributed by atoms with Crippen molar-refractivity contribution in [3.8, 4) is 11.8 Å². The van der Waals surface area contributed by atoms with E-state index in [2.05, 4.69) is 21.8 Å². The number of hydrogen-bond donors (Lipinski definition) is 1. The minimum atomic E-state index is 0.298. The molecule has 56 valence electrons. The van der Waals surface area contributed by atoms with Crippen LogP contribution in [0.5, 0.6) is 0 Å². The van der Waals surface area contributed by atoms with Crippen molar-refractivity contribution in [2.45, 2.75) is 6.92 Å². The molecule has 0 aromatic carbocycles. The van der Waals surface area contributed by atoms with E-state index in [-0.39, 0.29) is 0 Å². The highest BCUT2D eigenvalue weighted by molar-refractivity contribution is 6.30. The third-order valence-electron chi connectivity index (χ3n) is 1.08. The lowest BCUT2D eigenvalue weighted by Gasteiger charge is -1.96. The molecule has 0 radical (unpaired) electrons. The Bertz CT molecular complexity index is 304. The van der Waals surface area contributed by atoms with Gasteiger partial charge in [0.05, 0.1) is 0 Å². The molecule has 0 bridgehead atoms. The number of anilines is 1. The van der Waals surface area contributed by atoms with Gasteiger partial charge >= 0.3 is 0 Å². The maximum atomic E-state index is 5.67. The van der Waals surface area contributed by atoms with Gasteiger partial charge in [-0.2, -0.15) is 0 Å². The molecule has 0 aliphatic carbocycles. The molecular weight excluding hydrogens is 162 g/mol. The highest BCUT2D eigenvalue weighted by atomic mass is 35.5. The van der Waals surface area contributed by atoms with E-state index in [0.29, 0.717) is 16.5 Å². The maximum absolute atomic E-state index is 5.67. The molecule has 0 saturated carbocycles. The van der Waals surface area contributed by atoms with Crippen LogP contribution in [-0.4, -0.2) is 9.97 Å². The van der Waals surface area contributed by atoms with Crippen LogP contribution in [0, 0.1) is 11.8 Å². The zero-order valence-corrected chi connectivity index (χ0v) is 6.68. The topological polar surface area (TPSA) is 51.8 Å². The van der Waals surface area contributed by atoms with Crippen LogP contribution >= 0.6 is 11.6 Å². The number of rotatable bonds is 0. The molecule has 1 aromatic rings. The Hall–Kier alpha value is -1.27. The van der Waals surface area contributed by atoms with Crippen LogP contribution in [0.25, 0.3) is 0 Å². The van der Waals surface area contributed by atoms with Gasteiger partial charge in [0.1, 0.15) is 22.9 Å². The molecule has 1 aromatic heterocycles. The Balaban J connectivity index is 3.28. The summed E-state index contributed by atoms with van der Waals surface area (Å²) < 4.78 is 0. The van der Waals surface area contributed by atoms with Crippen molar-refractivity contribution >= 4 is 17.4 Å². The van der Waals surface area contributed by atoms with Crippen LogP contribution in [0.2, 0.25) is 5.15 Å². The van der Waals surface area contributed by atoms with Gasteiger partial charge < -0.3 is 5.73 Å². The molecule has 0 aliphatic rings. The van der Waals surface area contributed by atoms with E-state index in [9.17, 15) is 0 Å². The van der Waals surface area contributed by atoms with Crippen LogP contribution in [-0.2, 0) is 0 Å². The molecule has 0 fully saturated rings. The molecular formula is C7H6ClN3. The van der Waals surface area contributed by atoms with Crippen molar-refractivity contribution in [3.63, 3.8) is 0 Å². The summed E-state index contributed by atoms with van der Waals surface area (Å²) in [5.41, 5.74) is 5.97. The number of nitrogen functional groups attached to an aromatic ring is 1. The second kappa shape index (κ2) is 3.22. The summed E-state index contributed by atoms with van der Waals surface area (Å²) in [4.78, 5) is 7.47. The fraction of sp³-hybridized carbons (Fsp3) is 0.143. The predicted molar refractivity (Wildman–Crippen MR) is 44.0 cm³/mol. The zero-order chi connectivity index (χ0) is 8.27. The number of aromatic nitrogens is 2. The third kappa shape index (κ3) is 1.60. The first-order valence-corrected chi connectivity index (χ1v) is 3.32. The van der Waals surface area contributed by atoms with Crippen LogP contribution in [0.3, 0.4) is 0 Å². The molecule has 1 rings (SSSR count). The average Bonchev–Trinajstić information content (AvgIpc) is 1.97. The summed E-state index contributed by atoms with van der Waals surface area (Å²) in [7, 11) is 0. The summed E-state index contributed by atoms with van der Waals surface area (Å²) in [6.07, 6.45) is 1.30. The summed E-state index contributed by atoms with van der Waals surface area (Å²) in [6, 6.07) is 0. The normalized spacial score (nSPS) is 8.55. The van der Waals surface area contributed by atoms with Crippen LogP contribution in [0.1, 0.15) is 12.5 Å². The average molecular weight is 168 g/mol. The Morgan fingerprint density at radius 1 is 1.55 bits per heavy atom. The number of nitrogens with zero attached hydrogens (tertiary/aromatic N) is 2. The first-order chi connectivity index (χ1) is 5.25.